The third-order valence-electron chi connectivity index (χ3n) is 8.71. The molecular weight excluding hydrogens is 356 g/mol. The van der Waals surface area contributed by atoms with Crippen molar-refractivity contribution in [1.82, 2.24) is 0 Å². The number of carbonyl (C=O) groups is 1. The number of aliphatic hydroxyl groups excluding tert-OH is 1. The van der Waals surface area contributed by atoms with Gasteiger partial charge in [0.2, 0.25) is 0 Å². The van der Waals surface area contributed by atoms with E-state index >= 15 is 0 Å². The van der Waals surface area contributed by atoms with Crippen molar-refractivity contribution in [2.24, 2.45) is 34.5 Å². The predicted octanol–water partition coefficient (Wildman–Crippen LogP) is 2.61. The summed E-state index contributed by atoms with van der Waals surface area (Å²) in [7, 11) is 0. The van der Waals surface area contributed by atoms with E-state index in [0.29, 0.717) is 18.1 Å². The molecule has 3 fully saturated rings. The molecule has 4 aliphatic carbocycles. The van der Waals surface area contributed by atoms with Gasteiger partial charge in [-0.05, 0) is 61.5 Å². The summed E-state index contributed by atoms with van der Waals surface area (Å²) in [5.74, 6) is -0.504. The SMILES string of the molecule is CC1=CC23C(=O)C(C=C4COC(C)(C)O[C@@H]4[C@@]2(O)[C@@H]1O)C1C(C[C@@H]3C)C1(C)C. The quantitative estimate of drug-likeness (QED) is 0.624. The fraction of sp³-hybridized carbons (Fsp3) is 0.783. The Kier molecular flexibility index (Phi) is 3.51. The maximum absolute atomic E-state index is 14.1. The summed E-state index contributed by atoms with van der Waals surface area (Å²) >= 11 is 0. The Bertz CT molecular complexity index is 823. The van der Waals surface area contributed by atoms with Gasteiger partial charge < -0.3 is 19.7 Å². The Hall–Kier alpha value is -1.01. The monoisotopic (exact) mass is 388 g/mol. The number of fused-ring (bicyclic) bond motifs is 5. The maximum atomic E-state index is 14.1. The smallest absolute Gasteiger partial charge is 0.164 e. The largest absolute Gasteiger partial charge is 0.386 e. The van der Waals surface area contributed by atoms with Gasteiger partial charge in [-0.3, -0.25) is 4.79 Å². The molecule has 2 N–H and O–H groups in total. The van der Waals surface area contributed by atoms with Gasteiger partial charge in [0.15, 0.2) is 11.6 Å². The second kappa shape index (κ2) is 5.18. The summed E-state index contributed by atoms with van der Waals surface area (Å²) in [5.41, 5.74) is -1.29. The van der Waals surface area contributed by atoms with Gasteiger partial charge in [-0.25, -0.2) is 0 Å². The molecule has 5 aliphatic rings. The standard InChI is InChI=1S/C23H32O5/c1-11-9-22-12(2)7-15-16(20(15,3)4)14(18(22)25)8-13-10-27-21(5,6)28-19(13)23(22,26)17(11)24/h8-9,12,14-17,19,24,26H,7,10H2,1-6H3/t12-,14?,15?,16?,17+,19-,22?,23-/m0/s1. The third kappa shape index (κ3) is 1.95. The first-order valence-corrected chi connectivity index (χ1v) is 10.5. The maximum Gasteiger partial charge on any atom is 0.164 e. The Labute approximate surface area is 166 Å². The van der Waals surface area contributed by atoms with E-state index in [0.717, 1.165) is 12.0 Å². The minimum absolute atomic E-state index is 0.0415. The molecule has 5 rings (SSSR count). The van der Waals surface area contributed by atoms with E-state index < -0.39 is 29.0 Å². The molecule has 1 aliphatic heterocycles. The molecule has 0 aromatic rings. The zero-order valence-corrected chi connectivity index (χ0v) is 17.7. The van der Waals surface area contributed by atoms with Crippen LogP contribution in [0.3, 0.4) is 0 Å². The van der Waals surface area contributed by atoms with Gasteiger partial charge >= 0.3 is 0 Å². The van der Waals surface area contributed by atoms with E-state index in [9.17, 15) is 15.0 Å². The van der Waals surface area contributed by atoms with Crippen LogP contribution in [0.15, 0.2) is 23.3 Å². The van der Waals surface area contributed by atoms with Crippen molar-refractivity contribution in [2.45, 2.75) is 71.6 Å². The molecule has 28 heavy (non-hydrogen) atoms. The molecule has 1 heterocycles. The van der Waals surface area contributed by atoms with Crippen molar-refractivity contribution < 1.29 is 24.5 Å². The van der Waals surface area contributed by atoms with E-state index in [1.54, 1.807) is 0 Å². The zero-order valence-electron chi connectivity index (χ0n) is 17.7. The van der Waals surface area contributed by atoms with Crippen LogP contribution in [-0.2, 0) is 14.3 Å². The Morgan fingerprint density at radius 3 is 2.57 bits per heavy atom. The molecule has 0 amide bonds. The average Bonchev–Trinajstić information content (AvgIpc) is 3.10. The van der Waals surface area contributed by atoms with Crippen molar-refractivity contribution >= 4 is 5.78 Å². The van der Waals surface area contributed by atoms with Crippen LogP contribution in [0.2, 0.25) is 0 Å². The Morgan fingerprint density at radius 2 is 1.89 bits per heavy atom. The molecule has 0 aromatic carbocycles. The number of allylic oxidation sites excluding steroid dienone is 1. The van der Waals surface area contributed by atoms with Gasteiger partial charge in [0.1, 0.15) is 17.8 Å². The molecule has 154 valence electrons. The Balaban J connectivity index is 1.77. The summed E-state index contributed by atoms with van der Waals surface area (Å²) < 4.78 is 12.1. The predicted molar refractivity (Wildman–Crippen MR) is 103 cm³/mol. The molecule has 8 atom stereocenters. The van der Waals surface area contributed by atoms with Crippen LogP contribution in [0.25, 0.3) is 0 Å². The number of ketones is 1. The van der Waals surface area contributed by atoms with E-state index in [2.05, 4.69) is 20.8 Å². The van der Waals surface area contributed by atoms with Crippen molar-refractivity contribution in [3.8, 4) is 0 Å². The Morgan fingerprint density at radius 1 is 1.21 bits per heavy atom. The summed E-state index contributed by atoms with van der Waals surface area (Å²) in [6.45, 7) is 12.3. The minimum Gasteiger partial charge on any atom is -0.386 e. The minimum atomic E-state index is -1.71. The second-order valence-electron chi connectivity index (χ2n) is 10.9. The average molecular weight is 389 g/mol. The first kappa shape index (κ1) is 19.0. The van der Waals surface area contributed by atoms with Crippen LogP contribution < -0.4 is 0 Å². The van der Waals surface area contributed by atoms with E-state index in [4.69, 9.17) is 9.47 Å². The lowest BCUT2D eigenvalue weighted by molar-refractivity contribution is -0.303. The highest BCUT2D eigenvalue weighted by Gasteiger charge is 2.76. The van der Waals surface area contributed by atoms with Crippen LogP contribution in [0.4, 0.5) is 0 Å². The first-order chi connectivity index (χ1) is 12.9. The summed E-state index contributed by atoms with van der Waals surface area (Å²) in [6, 6.07) is 0. The van der Waals surface area contributed by atoms with Crippen LogP contribution in [-0.4, -0.2) is 46.2 Å². The lowest BCUT2D eigenvalue weighted by atomic mass is 9.59. The van der Waals surface area contributed by atoms with Crippen LogP contribution in [0, 0.1) is 34.5 Å². The second-order valence-corrected chi connectivity index (χ2v) is 10.9. The summed E-state index contributed by atoms with van der Waals surface area (Å²) in [5, 5.41) is 23.4. The highest BCUT2D eigenvalue weighted by molar-refractivity contribution is 5.95. The van der Waals surface area contributed by atoms with Gasteiger partial charge in [0.05, 0.1) is 12.0 Å². The summed E-state index contributed by atoms with van der Waals surface area (Å²) in [4.78, 5) is 14.1. The van der Waals surface area contributed by atoms with Crippen molar-refractivity contribution in [1.29, 1.82) is 0 Å². The molecule has 0 aromatic heterocycles. The van der Waals surface area contributed by atoms with Crippen LogP contribution in [0.5, 0.6) is 0 Å². The highest BCUT2D eigenvalue weighted by Crippen LogP contribution is 2.72. The molecule has 5 heteroatoms. The molecule has 1 spiro atoms. The lowest BCUT2D eigenvalue weighted by Gasteiger charge is -2.52. The third-order valence-corrected chi connectivity index (χ3v) is 8.71. The number of hydrogen-bond donors (Lipinski definition) is 2. The molecule has 4 unspecified atom stereocenters. The highest BCUT2D eigenvalue weighted by atomic mass is 16.7. The molecule has 1 saturated heterocycles. The van der Waals surface area contributed by atoms with Crippen LogP contribution in [0.1, 0.15) is 48.0 Å². The fourth-order valence-corrected chi connectivity index (χ4v) is 7.14. The van der Waals surface area contributed by atoms with Gasteiger partial charge in [-0.15, -0.1) is 0 Å². The summed E-state index contributed by atoms with van der Waals surface area (Å²) in [6.07, 6.45) is 2.85. The number of carbonyl (C=O) groups excluding carboxylic acids is 1. The fourth-order valence-electron chi connectivity index (χ4n) is 7.14. The molecule has 2 bridgehead atoms. The van der Waals surface area contributed by atoms with E-state index in [1.165, 1.54) is 0 Å². The molecule has 5 nitrogen and oxygen atoms in total. The number of aliphatic hydroxyl groups is 2. The van der Waals surface area contributed by atoms with Crippen molar-refractivity contribution in [3.63, 3.8) is 0 Å². The van der Waals surface area contributed by atoms with Gasteiger partial charge in [0.25, 0.3) is 0 Å². The molecular formula is C23H32O5. The number of rotatable bonds is 0. The van der Waals surface area contributed by atoms with Gasteiger partial charge in [-0.2, -0.15) is 0 Å². The normalized spacial score (nSPS) is 53.1. The van der Waals surface area contributed by atoms with Crippen molar-refractivity contribution in [2.75, 3.05) is 6.61 Å². The van der Waals surface area contributed by atoms with Gasteiger partial charge in [0, 0.05) is 5.92 Å². The molecule has 2 saturated carbocycles. The number of ether oxygens (including phenoxy) is 2. The number of Topliss-reactive ketones (excluding diaryl/α,β-unsaturated/α-hetero) is 1. The van der Waals surface area contributed by atoms with E-state index in [1.807, 2.05) is 32.9 Å². The number of hydrogen-bond acceptors (Lipinski definition) is 5. The van der Waals surface area contributed by atoms with Crippen molar-refractivity contribution in [3.05, 3.63) is 23.3 Å². The zero-order chi connectivity index (χ0) is 20.4. The van der Waals surface area contributed by atoms with Crippen LogP contribution >= 0.6 is 0 Å². The first-order valence-electron chi connectivity index (χ1n) is 10.5. The molecule has 0 radical (unpaired) electrons. The topological polar surface area (TPSA) is 76.0 Å². The van der Waals surface area contributed by atoms with E-state index in [-0.39, 0.29) is 29.0 Å². The lowest BCUT2D eigenvalue weighted by Crippen LogP contribution is -2.67. The van der Waals surface area contributed by atoms with Gasteiger partial charge in [-0.1, -0.05) is 32.9 Å².